The van der Waals surface area contributed by atoms with E-state index in [0.717, 1.165) is 23.3 Å². The van der Waals surface area contributed by atoms with Crippen molar-refractivity contribution in [1.29, 1.82) is 0 Å². The highest BCUT2D eigenvalue weighted by Crippen LogP contribution is 2.50. The highest BCUT2D eigenvalue weighted by Gasteiger charge is 2.41. The number of carbonyl (C=O) groups is 2. The summed E-state index contributed by atoms with van der Waals surface area (Å²) in [5, 5.41) is 13.3. The number of sulfone groups is 1. The van der Waals surface area contributed by atoms with Gasteiger partial charge in [0.1, 0.15) is 22.8 Å². The van der Waals surface area contributed by atoms with Gasteiger partial charge in [0.25, 0.3) is 11.5 Å². The average Bonchev–Trinajstić information content (AvgIpc) is 3.19. The summed E-state index contributed by atoms with van der Waals surface area (Å²) in [5.41, 5.74) is -0.0839. The van der Waals surface area contributed by atoms with Crippen LogP contribution in [-0.4, -0.2) is 47.8 Å². The second-order valence-electron chi connectivity index (χ2n) is 9.61. The van der Waals surface area contributed by atoms with E-state index < -0.39 is 44.9 Å². The Bertz CT molecular complexity index is 1900. The smallest absolute Gasteiger partial charge is 0.331 e. The molecule has 1 unspecified atom stereocenters. The first-order chi connectivity index (χ1) is 18.8. The van der Waals surface area contributed by atoms with Gasteiger partial charge in [0.2, 0.25) is 0 Å². The molecule has 0 aliphatic carbocycles. The fourth-order valence-electron chi connectivity index (χ4n) is 5.20. The van der Waals surface area contributed by atoms with E-state index in [4.69, 9.17) is 0 Å². The summed E-state index contributed by atoms with van der Waals surface area (Å²) < 4.78 is 54.7. The normalized spacial score (nSPS) is 14.6. The second-order valence-corrected chi connectivity index (χ2v) is 11.8. The number of aliphatic carboxylic acids is 1. The second kappa shape index (κ2) is 9.59. The number of nitrogens with zero attached hydrogens (tertiary/aromatic N) is 2. The maximum Gasteiger partial charge on any atom is 0.331 e. The molecule has 2 aromatic heterocycles. The van der Waals surface area contributed by atoms with Crippen LogP contribution in [0.1, 0.15) is 34.6 Å². The van der Waals surface area contributed by atoms with E-state index in [0.29, 0.717) is 17.2 Å². The largest absolute Gasteiger partial charge is 0.479 e. The number of H-pyrrole nitrogens is 1. The molecule has 0 bridgehead atoms. The summed E-state index contributed by atoms with van der Waals surface area (Å²) in [6.45, 7) is 1.86. The van der Waals surface area contributed by atoms with Gasteiger partial charge in [0.05, 0.1) is 17.1 Å². The van der Waals surface area contributed by atoms with Gasteiger partial charge in [-0.15, -0.1) is 0 Å². The van der Waals surface area contributed by atoms with E-state index in [1.807, 2.05) is 0 Å². The van der Waals surface area contributed by atoms with Gasteiger partial charge in [-0.2, -0.15) is 0 Å². The van der Waals surface area contributed by atoms with Crippen LogP contribution in [0.3, 0.4) is 0 Å². The van der Waals surface area contributed by atoms with E-state index in [1.165, 1.54) is 36.0 Å². The van der Waals surface area contributed by atoms with Crippen molar-refractivity contribution in [1.82, 2.24) is 14.9 Å². The van der Waals surface area contributed by atoms with Gasteiger partial charge in [0, 0.05) is 54.2 Å². The highest BCUT2D eigenvalue weighted by molar-refractivity contribution is 7.89. The molecule has 1 aliphatic rings. The van der Waals surface area contributed by atoms with Gasteiger partial charge in [-0.25, -0.2) is 22.0 Å². The van der Waals surface area contributed by atoms with Gasteiger partial charge in [-0.3, -0.25) is 9.59 Å². The zero-order valence-electron chi connectivity index (χ0n) is 21.6. The Kier molecular flexibility index (Phi) is 6.49. The van der Waals surface area contributed by atoms with Crippen molar-refractivity contribution >= 4 is 44.0 Å². The van der Waals surface area contributed by atoms with E-state index in [-0.39, 0.29) is 51.4 Å². The summed E-state index contributed by atoms with van der Waals surface area (Å²) in [7, 11) is -2.00. The van der Waals surface area contributed by atoms with Crippen molar-refractivity contribution in [3.63, 3.8) is 0 Å². The van der Waals surface area contributed by atoms with Crippen LogP contribution in [-0.2, 0) is 27.4 Å². The number of amides is 1. The lowest BCUT2D eigenvalue weighted by atomic mass is 9.97. The lowest BCUT2D eigenvalue weighted by molar-refractivity contribution is -0.138. The number of pyridine rings is 1. The summed E-state index contributed by atoms with van der Waals surface area (Å²) in [4.78, 5) is 43.3. The van der Waals surface area contributed by atoms with Crippen molar-refractivity contribution in [2.75, 3.05) is 17.7 Å². The van der Waals surface area contributed by atoms with Crippen molar-refractivity contribution in [3.05, 3.63) is 81.4 Å². The lowest BCUT2D eigenvalue weighted by Crippen LogP contribution is -2.33. The predicted molar refractivity (Wildman–Crippen MR) is 144 cm³/mol. The third-order valence-corrected chi connectivity index (χ3v) is 7.56. The monoisotopic (exact) mass is 570 g/mol. The van der Waals surface area contributed by atoms with Crippen LogP contribution in [0.15, 0.2) is 47.4 Å². The number of fused-ring (bicyclic) bond motifs is 2. The zero-order valence-corrected chi connectivity index (χ0v) is 22.4. The Labute approximate surface area is 226 Å². The molecule has 0 saturated heterocycles. The number of aryl methyl sites for hydroxylation is 1. The van der Waals surface area contributed by atoms with Crippen molar-refractivity contribution in [2.24, 2.45) is 7.05 Å². The predicted octanol–water partition coefficient (Wildman–Crippen LogP) is 3.38. The molecule has 2 aromatic carbocycles. The molecule has 0 fully saturated rings. The quantitative estimate of drug-likeness (QED) is 0.323. The Hall–Kier alpha value is -4.52. The SMILES string of the molecule is CCNC(=O)c1[nH]c2c(=O)n(C)cc3c2c1C(C(=O)O)N(c1ccc(F)cc1F)c1ccc(CS(C)(=O)=O)cc1-3. The number of aromatic nitrogens is 2. The molecule has 0 spiro atoms. The van der Waals surface area contributed by atoms with E-state index in [9.17, 15) is 32.3 Å². The minimum Gasteiger partial charge on any atom is -0.479 e. The lowest BCUT2D eigenvalue weighted by Gasteiger charge is -2.32. The molecular formula is C27H24F2N4O6S. The first-order valence-electron chi connectivity index (χ1n) is 12.1. The maximum atomic E-state index is 15.4. The Morgan fingerprint density at radius 2 is 1.80 bits per heavy atom. The standard InChI is InChI=1S/C27H24F2N4O6S/c1-4-30-25(34)22-21-20-16(11-32(2)26(35)23(20)31-22)15-9-13(12-40(3,38)39)5-7-18(15)33(24(21)27(36)37)19-8-6-14(28)10-17(19)29/h5-11,24,31H,4,12H2,1-3H3,(H,30,34)(H,36,37). The number of rotatable bonds is 6. The Morgan fingerprint density at radius 3 is 2.42 bits per heavy atom. The fraction of sp³-hybridized carbons (Fsp3) is 0.222. The molecule has 1 amide bonds. The van der Waals surface area contributed by atoms with Crippen molar-refractivity contribution < 1.29 is 31.9 Å². The van der Waals surface area contributed by atoms with Gasteiger partial charge >= 0.3 is 5.97 Å². The Morgan fingerprint density at radius 1 is 1.10 bits per heavy atom. The van der Waals surface area contributed by atoms with Crippen LogP contribution in [0, 0.1) is 11.6 Å². The molecular weight excluding hydrogens is 546 g/mol. The van der Waals surface area contributed by atoms with Crippen molar-refractivity contribution in [2.45, 2.75) is 18.7 Å². The number of anilines is 2. The first kappa shape index (κ1) is 27.1. The molecule has 13 heteroatoms. The highest BCUT2D eigenvalue weighted by atomic mass is 32.2. The number of aromatic amines is 1. The number of halogens is 2. The molecule has 40 heavy (non-hydrogen) atoms. The summed E-state index contributed by atoms with van der Waals surface area (Å²) in [5.74, 6) is -4.45. The molecule has 3 heterocycles. The summed E-state index contributed by atoms with van der Waals surface area (Å²) in [6, 6.07) is 5.36. The molecule has 5 rings (SSSR count). The number of hydrogen-bond donors (Lipinski definition) is 3. The third kappa shape index (κ3) is 4.41. The number of benzene rings is 2. The molecule has 0 radical (unpaired) electrons. The molecule has 10 nitrogen and oxygen atoms in total. The van der Waals surface area contributed by atoms with E-state index in [2.05, 4.69) is 10.3 Å². The minimum atomic E-state index is -3.48. The van der Waals surface area contributed by atoms with Gasteiger partial charge in [-0.1, -0.05) is 6.07 Å². The molecule has 1 atom stereocenters. The topological polar surface area (TPSA) is 142 Å². The van der Waals surface area contributed by atoms with Crippen LogP contribution >= 0.6 is 0 Å². The third-order valence-electron chi connectivity index (χ3n) is 6.70. The molecule has 208 valence electrons. The zero-order chi connectivity index (χ0) is 29.1. The number of carboxylic acids is 1. The average molecular weight is 571 g/mol. The van der Waals surface area contributed by atoms with Crippen LogP contribution in [0.2, 0.25) is 0 Å². The van der Waals surface area contributed by atoms with Crippen LogP contribution < -0.4 is 15.8 Å². The van der Waals surface area contributed by atoms with E-state index >= 15 is 4.39 Å². The fourth-order valence-corrected chi connectivity index (χ4v) is 5.99. The van der Waals surface area contributed by atoms with E-state index in [1.54, 1.807) is 6.92 Å². The molecule has 4 aromatic rings. The first-order valence-corrected chi connectivity index (χ1v) is 14.2. The van der Waals surface area contributed by atoms with Crippen LogP contribution in [0.25, 0.3) is 22.0 Å². The number of hydrogen-bond acceptors (Lipinski definition) is 6. The molecule has 0 saturated carbocycles. The Balaban J connectivity index is 1.99. The molecule has 3 N–H and O–H groups in total. The number of carbonyl (C=O) groups excluding carboxylic acids is 1. The van der Waals surface area contributed by atoms with Gasteiger partial charge in [-0.05, 0) is 36.8 Å². The van der Waals surface area contributed by atoms with Gasteiger partial charge < -0.3 is 24.9 Å². The summed E-state index contributed by atoms with van der Waals surface area (Å²) in [6.07, 6.45) is 2.52. The van der Waals surface area contributed by atoms with Crippen LogP contribution in [0.5, 0.6) is 0 Å². The van der Waals surface area contributed by atoms with Crippen LogP contribution in [0.4, 0.5) is 20.2 Å². The minimum absolute atomic E-state index is 0.0524. The van der Waals surface area contributed by atoms with Gasteiger partial charge in [0.15, 0.2) is 15.9 Å². The van der Waals surface area contributed by atoms with Crippen molar-refractivity contribution in [3.8, 4) is 11.1 Å². The maximum absolute atomic E-state index is 15.4. The summed E-state index contributed by atoms with van der Waals surface area (Å²) >= 11 is 0. The number of nitrogens with one attached hydrogen (secondary N) is 2. The number of carboxylic acid groups (broad SMARTS) is 1. The molecule has 1 aliphatic heterocycles.